The van der Waals surface area contributed by atoms with Crippen LogP contribution >= 0.6 is 0 Å². The van der Waals surface area contributed by atoms with Crippen LogP contribution in [-0.2, 0) is 4.74 Å². The van der Waals surface area contributed by atoms with Crippen LogP contribution in [0.3, 0.4) is 0 Å². The average molecular weight is 251 g/mol. The normalized spacial score (nSPS) is 29.7. The van der Waals surface area contributed by atoms with Gasteiger partial charge in [-0.05, 0) is 38.1 Å². The molecule has 2 heterocycles. The van der Waals surface area contributed by atoms with E-state index >= 15 is 0 Å². The zero-order chi connectivity index (χ0) is 12.5. The van der Waals surface area contributed by atoms with Crippen molar-refractivity contribution in [2.24, 2.45) is 11.8 Å². The molecule has 0 spiro atoms. The second-order valence-electron chi connectivity index (χ2n) is 5.45. The first-order valence-corrected chi connectivity index (χ1v) is 6.95. The Kier molecular flexibility index (Phi) is 3.35. The molecular formula is C13H21N3O2. The van der Waals surface area contributed by atoms with Crippen LogP contribution in [0, 0.1) is 11.8 Å². The summed E-state index contributed by atoms with van der Waals surface area (Å²) in [6, 6.07) is 0. The van der Waals surface area contributed by atoms with Gasteiger partial charge in [-0.15, -0.1) is 0 Å². The van der Waals surface area contributed by atoms with E-state index in [1.54, 1.807) is 0 Å². The van der Waals surface area contributed by atoms with Gasteiger partial charge in [-0.2, -0.15) is 4.98 Å². The molecule has 2 fully saturated rings. The molecule has 0 amide bonds. The minimum Gasteiger partial charge on any atom is -0.370 e. The largest absolute Gasteiger partial charge is 0.370 e. The molecule has 5 nitrogen and oxygen atoms in total. The van der Waals surface area contributed by atoms with Gasteiger partial charge in [0.1, 0.15) is 6.10 Å². The Bertz CT molecular complexity index is 403. The van der Waals surface area contributed by atoms with Gasteiger partial charge < -0.3 is 14.6 Å². The third-order valence-corrected chi connectivity index (χ3v) is 3.94. The van der Waals surface area contributed by atoms with Crippen LogP contribution in [0.15, 0.2) is 4.52 Å². The monoisotopic (exact) mass is 251 g/mol. The Morgan fingerprint density at radius 1 is 1.44 bits per heavy atom. The predicted molar refractivity (Wildman–Crippen MR) is 66.2 cm³/mol. The van der Waals surface area contributed by atoms with Gasteiger partial charge >= 0.3 is 0 Å². The first-order valence-electron chi connectivity index (χ1n) is 6.95. The third-order valence-electron chi connectivity index (χ3n) is 3.94. The van der Waals surface area contributed by atoms with Crippen molar-refractivity contribution in [3.63, 3.8) is 0 Å². The van der Waals surface area contributed by atoms with Gasteiger partial charge in [-0.25, -0.2) is 0 Å². The lowest BCUT2D eigenvalue weighted by molar-refractivity contribution is 0.0384. The summed E-state index contributed by atoms with van der Waals surface area (Å²) in [5, 5.41) is 7.50. The molecule has 2 aliphatic rings. The quantitative estimate of drug-likeness (QED) is 0.865. The molecule has 1 unspecified atom stereocenters. The van der Waals surface area contributed by atoms with Crippen LogP contribution in [-0.4, -0.2) is 29.8 Å². The van der Waals surface area contributed by atoms with Gasteiger partial charge in [0.15, 0.2) is 0 Å². The van der Waals surface area contributed by atoms with Gasteiger partial charge in [-0.3, -0.25) is 0 Å². The van der Waals surface area contributed by atoms with Crippen LogP contribution in [0.5, 0.6) is 0 Å². The highest BCUT2D eigenvalue weighted by Crippen LogP contribution is 2.42. The first kappa shape index (κ1) is 12.1. The van der Waals surface area contributed by atoms with Crippen molar-refractivity contribution in [1.82, 2.24) is 15.5 Å². The summed E-state index contributed by atoms with van der Waals surface area (Å²) in [5.41, 5.74) is 0. The van der Waals surface area contributed by atoms with E-state index in [0.29, 0.717) is 24.4 Å². The predicted octanol–water partition coefficient (Wildman–Crippen LogP) is 1.88. The van der Waals surface area contributed by atoms with E-state index in [1.807, 2.05) is 6.92 Å². The van der Waals surface area contributed by atoms with E-state index in [-0.39, 0.29) is 6.10 Å². The molecule has 100 valence electrons. The fraction of sp³-hybridized carbons (Fsp3) is 0.846. The summed E-state index contributed by atoms with van der Waals surface area (Å²) < 4.78 is 11.2. The number of nitrogens with one attached hydrogen (secondary N) is 1. The molecule has 1 aliphatic carbocycles. The standard InChI is InChI=1S/C13H21N3O2/c1-3-17-11(9-4-5-9)12-15-13(18-16-12)10-7-14-6-8(10)2/h8-11,14H,3-7H2,1-2H3/t8-,10-,11?/m1/s1. The summed E-state index contributed by atoms with van der Waals surface area (Å²) in [6.45, 7) is 6.90. The van der Waals surface area contributed by atoms with Crippen LogP contribution in [0.4, 0.5) is 0 Å². The average Bonchev–Trinajstić information content (AvgIpc) is 2.93. The molecule has 3 atom stereocenters. The zero-order valence-electron chi connectivity index (χ0n) is 11.1. The van der Waals surface area contributed by atoms with Crippen molar-refractivity contribution in [2.45, 2.75) is 38.7 Å². The SMILES string of the molecule is CCOC(c1noc([C@@H]2CNC[C@H]2C)n1)C1CC1. The lowest BCUT2D eigenvalue weighted by Crippen LogP contribution is -2.10. The smallest absolute Gasteiger partial charge is 0.231 e. The number of rotatable bonds is 5. The molecule has 1 saturated heterocycles. The van der Waals surface area contributed by atoms with Crippen molar-refractivity contribution >= 4 is 0 Å². The molecular weight excluding hydrogens is 230 g/mol. The van der Waals surface area contributed by atoms with Gasteiger partial charge in [0, 0.05) is 13.2 Å². The van der Waals surface area contributed by atoms with Crippen LogP contribution in [0.2, 0.25) is 0 Å². The van der Waals surface area contributed by atoms with Crippen molar-refractivity contribution < 1.29 is 9.26 Å². The molecule has 1 aliphatic heterocycles. The molecule has 1 N–H and O–H groups in total. The van der Waals surface area contributed by atoms with Gasteiger partial charge in [0.2, 0.25) is 11.7 Å². The Labute approximate surface area is 107 Å². The second-order valence-corrected chi connectivity index (χ2v) is 5.45. The first-order chi connectivity index (χ1) is 8.79. The maximum absolute atomic E-state index is 5.75. The van der Waals surface area contributed by atoms with E-state index < -0.39 is 0 Å². The fourth-order valence-electron chi connectivity index (χ4n) is 2.65. The van der Waals surface area contributed by atoms with Gasteiger partial charge in [-0.1, -0.05) is 12.1 Å². The summed E-state index contributed by atoms with van der Waals surface area (Å²) in [6.07, 6.45) is 2.48. The van der Waals surface area contributed by atoms with E-state index in [2.05, 4.69) is 22.4 Å². The molecule has 0 radical (unpaired) electrons. The minimum atomic E-state index is 0.0390. The molecule has 18 heavy (non-hydrogen) atoms. The molecule has 5 heteroatoms. The van der Waals surface area contributed by atoms with Crippen molar-refractivity contribution in [1.29, 1.82) is 0 Å². The second kappa shape index (κ2) is 4.97. The highest BCUT2D eigenvalue weighted by Gasteiger charge is 2.37. The molecule has 1 saturated carbocycles. The summed E-state index contributed by atoms with van der Waals surface area (Å²) in [4.78, 5) is 4.58. The van der Waals surface area contributed by atoms with E-state index in [0.717, 1.165) is 24.8 Å². The molecule has 0 aromatic carbocycles. The summed E-state index contributed by atoms with van der Waals surface area (Å²) in [7, 11) is 0. The highest BCUT2D eigenvalue weighted by molar-refractivity contribution is 5.04. The van der Waals surface area contributed by atoms with E-state index in [1.165, 1.54) is 12.8 Å². The van der Waals surface area contributed by atoms with E-state index in [9.17, 15) is 0 Å². The molecule has 3 rings (SSSR count). The number of nitrogens with zero attached hydrogens (tertiary/aromatic N) is 2. The van der Waals surface area contributed by atoms with Crippen molar-refractivity contribution in [3.8, 4) is 0 Å². The lowest BCUT2D eigenvalue weighted by Gasteiger charge is -2.11. The van der Waals surface area contributed by atoms with Crippen molar-refractivity contribution in [2.75, 3.05) is 19.7 Å². The molecule has 1 aromatic heterocycles. The zero-order valence-corrected chi connectivity index (χ0v) is 11.1. The number of ether oxygens (including phenoxy) is 1. The van der Waals surface area contributed by atoms with Crippen LogP contribution in [0.25, 0.3) is 0 Å². The minimum absolute atomic E-state index is 0.0390. The fourth-order valence-corrected chi connectivity index (χ4v) is 2.65. The lowest BCUT2D eigenvalue weighted by atomic mass is 9.98. The summed E-state index contributed by atoms with van der Waals surface area (Å²) in [5.74, 6) is 3.02. The maximum atomic E-state index is 5.75. The number of hydrogen-bond acceptors (Lipinski definition) is 5. The van der Waals surface area contributed by atoms with Gasteiger partial charge in [0.05, 0.1) is 5.92 Å². The maximum Gasteiger partial charge on any atom is 0.231 e. The molecule has 1 aromatic rings. The summed E-state index contributed by atoms with van der Waals surface area (Å²) >= 11 is 0. The molecule has 0 bridgehead atoms. The Hall–Kier alpha value is -0.940. The van der Waals surface area contributed by atoms with Crippen LogP contribution < -0.4 is 5.32 Å². The third kappa shape index (κ3) is 2.29. The Morgan fingerprint density at radius 2 is 2.28 bits per heavy atom. The highest BCUT2D eigenvalue weighted by atomic mass is 16.5. The van der Waals surface area contributed by atoms with E-state index in [4.69, 9.17) is 9.26 Å². The Morgan fingerprint density at radius 3 is 2.89 bits per heavy atom. The number of hydrogen-bond donors (Lipinski definition) is 1. The van der Waals surface area contributed by atoms with Gasteiger partial charge in [0.25, 0.3) is 0 Å². The van der Waals surface area contributed by atoms with Crippen molar-refractivity contribution in [3.05, 3.63) is 11.7 Å². The Balaban J connectivity index is 1.75. The topological polar surface area (TPSA) is 60.2 Å². The van der Waals surface area contributed by atoms with Crippen LogP contribution in [0.1, 0.15) is 50.4 Å². The number of aromatic nitrogens is 2.